The van der Waals surface area contributed by atoms with Gasteiger partial charge in [0, 0.05) is 43.3 Å². The average molecular weight is 550 g/mol. The van der Waals surface area contributed by atoms with Crippen molar-refractivity contribution >= 4 is 38.3 Å². The zero-order valence-electron chi connectivity index (χ0n) is 20.9. The zero-order valence-corrected chi connectivity index (χ0v) is 21.7. The van der Waals surface area contributed by atoms with Crippen LogP contribution in [0.2, 0.25) is 0 Å². The number of rotatable bonds is 7. The average Bonchev–Trinajstić information content (AvgIpc) is 2.96. The Labute approximate surface area is 224 Å². The monoisotopic (exact) mass is 549 g/mol. The number of anilines is 2. The molecule has 200 valence electrons. The standard InChI is InChI=1S/C26H24FN7O4S/c1-3-24(35)33-8-10-34(11-9-33)25-20-12-17(4-6-21(20)30-16-31-25)18-13-22(26(38-2)29-14-18)32-39(36,37)23-7-5-19(27)15-28-23/h3-7,12-16,32H,1,8-11H2,2H3. The van der Waals surface area contributed by atoms with Crippen molar-refractivity contribution in [1.29, 1.82) is 0 Å². The first kappa shape index (κ1) is 26.0. The molecule has 3 aromatic heterocycles. The molecule has 1 saturated heterocycles. The molecule has 1 aliphatic heterocycles. The molecule has 1 aliphatic rings. The molecule has 0 unspecified atom stereocenters. The minimum atomic E-state index is -4.14. The second kappa shape index (κ2) is 10.6. The lowest BCUT2D eigenvalue weighted by molar-refractivity contribution is -0.126. The summed E-state index contributed by atoms with van der Waals surface area (Å²) in [4.78, 5) is 32.6. The summed E-state index contributed by atoms with van der Waals surface area (Å²) in [5, 5.41) is 0.450. The SMILES string of the molecule is C=CC(=O)N1CCN(c2ncnc3ccc(-c4cnc(OC)c(NS(=O)(=O)c5ccc(F)cn5)c4)cc23)CC1. The first-order valence-electron chi connectivity index (χ1n) is 11.9. The number of carbonyl (C=O) groups is 1. The topological polar surface area (TPSA) is 131 Å². The number of benzene rings is 1. The molecule has 11 nitrogen and oxygen atoms in total. The molecular weight excluding hydrogens is 525 g/mol. The van der Waals surface area contributed by atoms with Gasteiger partial charge >= 0.3 is 0 Å². The maximum atomic E-state index is 13.2. The van der Waals surface area contributed by atoms with Gasteiger partial charge in [0.15, 0.2) is 5.03 Å². The van der Waals surface area contributed by atoms with E-state index in [1.165, 1.54) is 19.5 Å². The highest BCUT2D eigenvalue weighted by Crippen LogP contribution is 2.33. The Morgan fingerprint density at radius 1 is 1.03 bits per heavy atom. The van der Waals surface area contributed by atoms with Gasteiger partial charge in [-0.15, -0.1) is 0 Å². The largest absolute Gasteiger partial charge is 0.480 e. The molecule has 0 spiro atoms. The van der Waals surface area contributed by atoms with Crippen LogP contribution in [-0.4, -0.2) is 72.4 Å². The first-order valence-corrected chi connectivity index (χ1v) is 13.4. The van der Waals surface area contributed by atoms with Crippen LogP contribution in [0.3, 0.4) is 0 Å². The third-order valence-electron chi connectivity index (χ3n) is 6.28. The maximum absolute atomic E-state index is 13.2. The summed E-state index contributed by atoms with van der Waals surface area (Å²) in [6.45, 7) is 5.85. The van der Waals surface area contributed by atoms with Gasteiger partial charge in [-0.2, -0.15) is 8.42 Å². The van der Waals surface area contributed by atoms with Crippen molar-refractivity contribution in [2.24, 2.45) is 0 Å². The van der Waals surface area contributed by atoms with Crippen molar-refractivity contribution in [2.75, 3.05) is 42.9 Å². The molecule has 1 N–H and O–H groups in total. The Morgan fingerprint density at radius 2 is 1.82 bits per heavy atom. The van der Waals surface area contributed by atoms with E-state index in [0.29, 0.717) is 31.7 Å². The van der Waals surface area contributed by atoms with Crippen LogP contribution in [0.25, 0.3) is 22.0 Å². The third kappa shape index (κ3) is 5.34. The van der Waals surface area contributed by atoms with Gasteiger partial charge in [0.2, 0.25) is 11.8 Å². The van der Waals surface area contributed by atoms with Crippen LogP contribution in [0.5, 0.6) is 5.88 Å². The Bertz CT molecular complexity index is 1660. The van der Waals surface area contributed by atoms with E-state index in [2.05, 4.69) is 36.1 Å². The van der Waals surface area contributed by atoms with Gasteiger partial charge in [-0.25, -0.2) is 24.3 Å². The highest BCUT2D eigenvalue weighted by Gasteiger charge is 2.23. The number of pyridine rings is 2. The maximum Gasteiger partial charge on any atom is 0.279 e. The number of nitrogens with zero attached hydrogens (tertiary/aromatic N) is 6. The molecule has 1 amide bonds. The fraction of sp³-hybridized carbons (Fsp3) is 0.192. The lowest BCUT2D eigenvalue weighted by Crippen LogP contribution is -2.48. The van der Waals surface area contributed by atoms with E-state index in [1.54, 1.807) is 17.2 Å². The fourth-order valence-corrected chi connectivity index (χ4v) is 5.29. The molecule has 4 aromatic rings. The number of carbonyl (C=O) groups excluding carboxylic acids is 1. The fourth-order valence-electron chi connectivity index (χ4n) is 4.31. The van der Waals surface area contributed by atoms with Gasteiger partial charge in [-0.05, 0) is 42.0 Å². The lowest BCUT2D eigenvalue weighted by atomic mass is 10.0. The Kier molecular flexibility index (Phi) is 7.07. The van der Waals surface area contributed by atoms with Crippen LogP contribution in [0.1, 0.15) is 0 Å². The highest BCUT2D eigenvalue weighted by atomic mass is 32.2. The lowest BCUT2D eigenvalue weighted by Gasteiger charge is -2.35. The molecular formula is C26H24FN7O4S. The predicted octanol–water partition coefficient (Wildman–Crippen LogP) is 2.87. The molecule has 5 rings (SSSR count). The Hall–Kier alpha value is -4.65. The minimum absolute atomic E-state index is 0.0567. The van der Waals surface area contributed by atoms with E-state index in [0.717, 1.165) is 40.6 Å². The zero-order chi connectivity index (χ0) is 27.6. The van der Waals surface area contributed by atoms with Crippen LogP contribution in [0, 0.1) is 5.82 Å². The van der Waals surface area contributed by atoms with Crippen molar-refractivity contribution in [2.45, 2.75) is 5.03 Å². The number of halogens is 1. The molecule has 0 atom stereocenters. The number of nitrogens with one attached hydrogen (secondary N) is 1. The van der Waals surface area contributed by atoms with Crippen LogP contribution < -0.4 is 14.4 Å². The van der Waals surface area contributed by atoms with E-state index in [-0.39, 0.29) is 22.5 Å². The number of sulfonamides is 1. The number of aromatic nitrogens is 4. The summed E-state index contributed by atoms with van der Waals surface area (Å²) in [7, 11) is -2.77. The third-order valence-corrected chi connectivity index (χ3v) is 7.56. The Balaban J connectivity index is 1.48. The second-order valence-corrected chi connectivity index (χ2v) is 10.3. The molecule has 1 fully saturated rings. The molecule has 13 heteroatoms. The number of piperazine rings is 1. The van der Waals surface area contributed by atoms with E-state index in [4.69, 9.17) is 4.74 Å². The summed E-state index contributed by atoms with van der Waals surface area (Å²) >= 11 is 0. The second-order valence-electron chi connectivity index (χ2n) is 8.65. The van der Waals surface area contributed by atoms with Gasteiger partial charge in [0.25, 0.3) is 10.0 Å². The van der Waals surface area contributed by atoms with E-state index in [9.17, 15) is 17.6 Å². The summed E-state index contributed by atoms with van der Waals surface area (Å²) < 4.78 is 46.7. The first-order chi connectivity index (χ1) is 18.8. The van der Waals surface area contributed by atoms with Gasteiger partial charge in [-0.1, -0.05) is 12.6 Å². The quantitative estimate of drug-likeness (QED) is 0.346. The van der Waals surface area contributed by atoms with Crippen molar-refractivity contribution in [3.05, 3.63) is 73.6 Å². The van der Waals surface area contributed by atoms with Gasteiger partial charge < -0.3 is 14.5 Å². The number of methoxy groups -OCH3 is 1. The molecule has 1 aromatic carbocycles. The summed E-state index contributed by atoms with van der Waals surface area (Å²) in [6, 6.07) is 9.29. The van der Waals surface area contributed by atoms with Crippen molar-refractivity contribution in [1.82, 2.24) is 24.8 Å². The van der Waals surface area contributed by atoms with Crippen molar-refractivity contribution in [3.63, 3.8) is 0 Å². The molecule has 0 bridgehead atoms. The summed E-state index contributed by atoms with van der Waals surface area (Å²) in [6.07, 6.45) is 5.21. The number of hydrogen-bond donors (Lipinski definition) is 1. The molecule has 4 heterocycles. The number of amides is 1. The normalized spacial score (nSPS) is 13.8. The molecule has 0 radical (unpaired) electrons. The Morgan fingerprint density at radius 3 is 2.51 bits per heavy atom. The van der Waals surface area contributed by atoms with Crippen LogP contribution in [-0.2, 0) is 14.8 Å². The van der Waals surface area contributed by atoms with Crippen LogP contribution in [0.15, 0.2) is 72.8 Å². The number of fused-ring (bicyclic) bond motifs is 1. The van der Waals surface area contributed by atoms with Crippen molar-refractivity contribution in [3.8, 4) is 17.0 Å². The van der Waals surface area contributed by atoms with E-state index >= 15 is 0 Å². The number of hydrogen-bond acceptors (Lipinski definition) is 9. The number of ether oxygens (including phenoxy) is 1. The van der Waals surface area contributed by atoms with E-state index in [1.807, 2.05) is 18.2 Å². The van der Waals surface area contributed by atoms with E-state index < -0.39 is 15.8 Å². The van der Waals surface area contributed by atoms with Gasteiger partial charge in [0.1, 0.15) is 23.6 Å². The van der Waals surface area contributed by atoms with Gasteiger partial charge in [0.05, 0.1) is 18.8 Å². The highest BCUT2D eigenvalue weighted by molar-refractivity contribution is 7.92. The van der Waals surface area contributed by atoms with Crippen LogP contribution >= 0.6 is 0 Å². The van der Waals surface area contributed by atoms with Gasteiger partial charge in [-0.3, -0.25) is 9.52 Å². The summed E-state index contributed by atoms with van der Waals surface area (Å²) in [5.41, 5.74) is 2.18. The smallest absolute Gasteiger partial charge is 0.279 e. The molecule has 39 heavy (non-hydrogen) atoms. The minimum Gasteiger partial charge on any atom is -0.480 e. The van der Waals surface area contributed by atoms with Crippen molar-refractivity contribution < 1.29 is 22.3 Å². The molecule has 0 aliphatic carbocycles. The summed E-state index contributed by atoms with van der Waals surface area (Å²) in [5.74, 6) is 0.0404. The van der Waals surface area contributed by atoms with Crippen LogP contribution in [0.4, 0.5) is 15.9 Å². The molecule has 0 saturated carbocycles. The predicted molar refractivity (Wildman–Crippen MR) is 143 cm³/mol.